The van der Waals surface area contributed by atoms with E-state index in [0.717, 1.165) is 32.1 Å². The zero-order chi connectivity index (χ0) is 24.6. The maximum atomic E-state index is 15.3. The molecule has 0 atom stereocenters. The van der Waals surface area contributed by atoms with Crippen molar-refractivity contribution in [1.82, 2.24) is 9.72 Å². The highest BCUT2D eigenvalue weighted by atomic mass is 32.2. The summed E-state index contributed by atoms with van der Waals surface area (Å²) in [4.78, 5) is 12.9. The standard InChI is InChI=1S/C25H24FN3O5S/c1-33-23-14-19(16-5-3-2-4-6-16)20(26)15-22(23)29-21-9-8-18(13-17(21)7-10-25(29)30)35(31,32)28-24-11-12-34-27-24/h7-16H,2-6H2,1H3,(H,27,28). The first kappa shape index (κ1) is 23.1. The number of pyridine rings is 1. The van der Waals surface area contributed by atoms with E-state index in [1.165, 1.54) is 60.4 Å². The molecule has 1 fully saturated rings. The van der Waals surface area contributed by atoms with E-state index in [-0.39, 0.29) is 28.1 Å². The van der Waals surface area contributed by atoms with Crippen LogP contribution in [0.2, 0.25) is 0 Å². The Bertz CT molecular complexity index is 1540. The van der Waals surface area contributed by atoms with Crippen molar-refractivity contribution >= 4 is 26.7 Å². The van der Waals surface area contributed by atoms with Gasteiger partial charge >= 0.3 is 0 Å². The van der Waals surface area contributed by atoms with E-state index in [1.54, 1.807) is 6.07 Å². The third kappa shape index (κ3) is 4.41. The predicted octanol–water partition coefficient (Wildman–Crippen LogP) is 4.97. The first-order chi connectivity index (χ1) is 16.9. The molecule has 1 N–H and O–H groups in total. The second kappa shape index (κ2) is 9.18. The molecular weight excluding hydrogens is 473 g/mol. The van der Waals surface area contributed by atoms with Crippen LogP contribution in [0.4, 0.5) is 10.2 Å². The predicted molar refractivity (Wildman–Crippen MR) is 129 cm³/mol. The van der Waals surface area contributed by atoms with Crippen LogP contribution < -0.4 is 15.0 Å². The second-order valence-corrected chi connectivity index (χ2v) is 10.3. The van der Waals surface area contributed by atoms with Gasteiger partial charge in [0.15, 0.2) is 5.82 Å². The summed E-state index contributed by atoms with van der Waals surface area (Å²) >= 11 is 0. The number of methoxy groups -OCH3 is 1. The lowest BCUT2D eigenvalue weighted by molar-refractivity contribution is 0.402. The number of benzene rings is 2. The number of hydrogen-bond acceptors (Lipinski definition) is 6. The van der Waals surface area contributed by atoms with Crippen LogP contribution in [0.25, 0.3) is 16.6 Å². The van der Waals surface area contributed by atoms with E-state index in [1.807, 2.05) is 0 Å². The Morgan fingerprint density at radius 2 is 1.89 bits per heavy atom. The van der Waals surface area contributed by atoms with Crippen LogP contribution in [0.15, 0.2) is 69.0 Å². The monoisotopic (exact) mass is 497 g/mol. The summed E-state index contributed by atoms with van der Waals surface area (Å²) in [5.41, 5.74) is 0.889. The summed E-state index contributed by atoms with van der Waals surface area (Å²) in [7, 11) is -2.46. The summed E-state index contributed by atoms with van der Waals surface area (Å²) < 4.78 is 54.7. The number of nitrogens with one attached hydrogen (secondary N) is 1. The number of aromatic nitrogens is 2. The minimum Gasteiger partial charge on any atom is -0.495 e. The third-order valence-electron chi connectivity index (χ3n) is 6.44. The number of halogens is 1. The van der Waals surface area contributed by atoms with E-state index < -0.39 is 15.6 Å². The molecule has 0 unspecified atom stereocenters. The molecule has 1 aliphatic carbocycles. The molecule has 182 valence electrons. The van der Waals surface area contributed by atoms with Gasteiger partial charge in [-0.3, -0.25) is 14.1 Å². The van der Waals surface area contributed by atoms with Crippen molar-refractivity contribution in [2.75, 3.05) is 11.8 Å². The Morgan fingerprint density at radius 1 is 1.09 bits per heavy atom. The van der Waals surface area contributed by atoms with Gasteiger partial charge in [-0.25, -0.2) is 12.8 Å². The topological polar surface area (TPSA) is 103 Å². The average Bonchev–Trinajstić information content (AvgIpc) is 3.36. The molecule has 2 aromatic carbocycles. The van der Waals surface area contributed by atoms with E-state index >= 15 is 4.39 Å². The van der Waals surface area contributed by atoms with Gasteiger partial charge in [0.2, 0.25) is 0 Å². The number of fused-ring (bicyclic) bond motifs is 1. The molecule has 0 bridgehead atoms. The van der Waals surface area contributed by atoms with Crippen LogP contribution in [0.3, 0.4) is 0 Å². The molecule has 1 saturated carbocycles. The van der Waals surface area contributed by atoms with E-state index in [2.05, 4.69) is 14.4 Å². The zero-order valence-corrected chi connectivity index (χ0v) is 19.8. The first-order valence-corrected chi connectivity index (χ1v) is 12.8. The number of nitrogens with zero attached hydrogens (tertiary/aromatic N) is 2. The summed E-state index contributed by atoms with van der Waals surface area (Å²) in [5.74, 6) is 0.174. The summed E-state index contributed by atoms with van der Waals surface area (Å²) in [6.45, 7) is 0. The van der Waals surface area contributed by atoms with E-state index in [4.69, 9.17) is 4.74 Å². The van der Waals surface area contributed by atoms with Crippen molar-refractivity contribution in [2.45, 2.75) is 42.9 Å². The van der Waals surface area contributed by atoms with Crippen molar-refractivity contribution in [3.05, 3.63) is 76.5 Å². The zero-order valence-electron chi connectivity index (χ0n) is 19.0. The minimum absolute atomic E-state index is 0.0241. The molecular formula is C25H24FN3O5S. The Labute approximate surface area is 201 Å². The molecule has 0 amide bonds. The molecule has 1 aliphatic rings. The molecule has 2 heterocycles. The Hall–Kier alpha value is -3.66. The lowest BCUT2D eigenvalue weighted by Gasteiger charge is -2.24. The van der Waals surface area contributed by atoms with Gasteiger partial charge in [-0.1, -0.05) is 24.4 Å². The Balaban J connectivity index is 1.61. The highest BCUT2D eigenvalue weighted by molar-refractivity contribution is 7.92. The highest BCUT2D eigenvalue weighted by Crippen LogP contribution is 2.38. The summed E-state index contributed by atoms with van der Waals surface area (Å²) in [6, 6.07) is 11.6. The van der Waals surface area contributed by atoms with E-state index in [9.17, 15) is 13.2 Å². The molecule has 0 spiro atoms. The molecule has 0 radical (unpaired) electrons. The molecule has 2 aromatic heterocycles. The van der Waals surface area contributed by atoms with Crippen molar-refractivity contribution in [3.63, 3.8) is 0 Å². The largest absolute Gasteiger partial charge is 0.495 e. The lowest BCUT2D eigenvalue weighted by atomic mass is 9.83. The fraction of sp³-hybridized carbons (Fsp3) is 0.280. The van der Waals surface area contributed by atoms with Crippen LogP contribution in [-0.2, 0) is 10.0 Å². The van der Waals surface area contributed by atoms with Gasteiger partial charge in [-0.15, -0.1) is 0 Å². The SMILES string of the molecule is COc1cc(C2CCCCC2)c(F)cc1-n1c(=O)ccc2cc(S(=O)(=O)Nc3ccon3)ccc21. The highest BCUT2D eigenvalue weighted by Gasteiger charge is 2.23. The number of hydrogen-bond donors (Lipinski definition) is 1. The number of rotatable bonds is 6. The quantitative estimate of drug-likeness (QED) is 0.403. The van der Waals surface area contributed by atoms with Crippen LogP contribution in [0, 0.1) is 5.82 Å². The molecule has 0 aliphatic heterocycles. The van der Waals surface area contributed by atoms with Gasteiger partial charge < -0.3 is 9.26 Å². The number of anilines is 1. The Kier molecular flexibility index (Phi) is 6.06. The van der Waals surface area contributed by atoms with Crippen molar-refractivity contribution in [1.29, 1.82) is 0 Å². The van der Waals surface area contributed by atoms with Crippen LogP contribution in [-0.4, -0.2) is 25.3 Å². The number of sulfonamides is 1. The maximum Gasteiger partial charge on any atom is 0.263 e. The fourth-order valence-electron chi connectivity index (χ4n) is 4.72. The summed E-state index contributed by atoms with van der Waals surface area (Å²) in [5, 5.41) is 4.04. The fourth-order valence-corrected chi connectivity index (χ4v) is 5.75. The van der Waals surface area contributed by atoms with Crippen molar-refractivity contribution < 1.29 is 22.1 Å². The molecule has 10 heteroatoms. The van der Waals surface area contributed by atoms with E-state index in [0.29, 0.717) is 22.2 Å². The molecule has 35 heavy (non-hydrogen) atoms. The van der Waals surface area contributed by atoms with Gasteiger partial charge in [0.1, 0.15) is 17.8 Å². The molecule has 5 rings (SSSR count). The normalized spacial score (nSPS) is 14.8. The third-order valence-corrected chi connectivity index (χ3v) is 7.79. The van der Waals surface area contributed by atoms with Gasteiger partial charge in [0.05, 0.1) is 23.2 Å². The first-order valence-electron chi connectivity index (χ1n) is 11.3. The van der Waals surface area contributed by atoms with Crippen LogP contribution in [0.5, 0.6) is 5.75 Å². The lowest BCUT2D eigenvalue weighted by Crippen LogP contribution is -2.19. The van der Waals surface area contributed by atoms with Gasteiger partial charge in [0, 0.05) is 23.6 Å². The number of ether oxygens (including phenoxy) is 1. The van der Waals surface area contributed by atoms with Gasteiger partial charge in [0.25, 0.3) is 15.6 Å². The maximum absolute atomic E-state index is 15.3. The molecule has 0 saturated heterocycles. The van der Waals surface area contributed by atoms with Crippen LogP contribution in [0.1, 0.15) is 43.6 Å². The Morgan fingerprint density at radius 3 is 2.60 bits per heavy atom. The second-order valence-electron chi connectivity index (χ2n) is 8.60. The van der Waals surface area contributed by atoms with Crippen molar-refractivity contribution in [2.24, 2.45) is 0 Å². The van der Waals surface area contributed by atoms with Crippen LogP contribution >= 0.6 is 0 Å². The minimum atomic E-state index is -3.94. The van der Waals surface area contributed by atoms with Gasteiger partial charge in [-0.05, 0) is 54.7 Å². The van der Waals surface area contributed by atoms with Gasteiger partial charge in [-0.2, -0.15) is 0 Å². The average molecular weight is 498 g/mol. The summed E-state index contributed by atoms with van der Waals surface area (Å²) in [6.07, 6.45) is 6.38. The van der Waals surface area contributed by atoms with Crippen molar-refractivity contribution in [3.8, 4) is 11.4 Å². The molecule has 8 nitrogen and oxygen atoms in total. The smallest absolute Gasteiger partial charge is 0.263 e. The molecule has 4 aromatic rings.